The molecule has 0 fully saturated rings. The Kier molecular flexibility index (Phi) is 4.38. The van der Waals surface area contributed by atoms with Gasteiger partial charge in [0.1, 0.15) is 0 Å². The smallest absolute Gasteiger partial charge is 0.0963 e. The largest absolute Gasteiger partial charge is 0.395 e. The van der Waals surface area contributed by atoms with Gasteiger partial charge >= 0.3 is 0 Å². The van der Waals surface area contributed by atoms with E-state index in [1.807, 2.05) is 26.0 Å². The lowest BCUT2D eigenvalue weighted by Gasteiger charge is -2.08. The van der Waals surface area contributed by atoms with Gasteiger partial charge in [0, 0.05) is 17.5 Å². The molecule has 3 N–H and O–H groups in total. The van der Waals surface area contributed by atoms with Gasteiger partial charge in [0.05, 0.1) is 11.6 Å². The van der Waals surface area contributed by atoms with Gasteiger partial charge in [-0.25, -0.2) is 4.98 Å². The molecule has 0 aliphatic heterocycles. The third kappa shape index (κ3) is 3.29. The predicted octanol–water partition coefficient (Wildman–Crippen LogP) is 1.57. The van der Waals surface area contributed by atoms with Crippen LogP contribution in [0.25, 0.3) is 0 Å². The van der Waals surface area contributed by atoms with Crippen LogP contribution in [0.1, 0.15) is 25.5 Å². The monoisotopic (exact) mass is 212 g/mol. The summed E-state index contributed by atoms with van der Waals surface area (Å²) in [5.74, 6) is 0. The zero-order valence-electron chi connectivity index (χ0n) is 8.47. The van der Waals surface area contributed by atoms with Gasteiger partial charge < -0.3 is 10.8 Å². The van der Waals surface area contributed by atoms with Crippen molar-refractivity contribution in [2.75, 3.05) is 6.61 Å². The lowest BCUT2D eigenvalue weighted by atomic mass is 10.2. The van der Waals surface area contributed by atoms with Crippen molar-refractivity contribution in [3.05, 3.63) is 23.9 Å². The SMILES string of the molecule is CC(CO)Sc1ccc(C(C)N)cn1. The highest BCUT2D eigenvalue weighted by Crippen LogP contribution is 2.21. The molecule has 0 spiro atoms. The molecule has 0 amide bonds. The third-order valence-corrected chi connectivity index (χ3v) is 2.90. The summed E-state index contributed by atoms with van der Waals surface area (Å²) in [7, 11) is 0. The molecule has 0 saturated carbocycles. The first-order valence-corrected chi connectivity index (χ1v) is 5.50. The maximum Gasteiger partial charge on any atom is 0.0963 e. The van der Waals surface area contributed by atoms with E-state index < -0.39 is 0 Å². The van der Waals surface area contributed by atoms with Crippen LogP contribution in [0.2, 0.25) is 0 Å². The van der Waals surface area contributed by atoms with E-state index in [1.165, 1.54) is 0 Å². The predicted molar refractivity (Wildman–Crippen MR) is 59.2 cm³/mol. The van der Waals surface area contributed by atoms with E-state index >= 15 is 0 Å². The van der Waals surface area contributed by atoms with Gasteiger partial charge in [0.2, 0.25) is 0 Å². The van der Waals surface area contributed by atoms with Crippen molar-refractivity contribution in [2.24, 2.45) is 5.73 Å². The zero-order chi connectivity index (χ0) is 10.6. The van der Waals surface area contributed by atoms with Crippen LogP contribution in [0.5, 0.6) is 0 Å². The van der Waals surface area contributed by atoms with E-state index in [0.29, 0.717) is 0 Å². The first kappa shape index (κ1) is 11.5. The molecule has 78 valence electrons. The Bertz CT molecular complexity index is 274. The number of thioether (sulfide) groups is 1. The summed E-state index contributed by atoms with van der Waals surface area (Å²) in [6.07, 6.45) is 1.79. The van der Waals surface area contributed by atoms with Gasteiger partial charge in [0.15, 0.2) is 0 Å². The van der Waals surface area contributed by atoms with Crippen molar-refractivity contribution >= 4 is 11.8 Å². The van der Waals surface area contributed by atoms with E-state index in [9.17, 15) is 0 Å². The van der Waals surface area contributed by atoms with Crippen LogP contribution in [0.3, 0.4) is 0 Å². The van der Waals surface area contributed by atoms with Gasteiger partial charge in [-0.2, -0.15) is 0 Å². The Labute approximate surface area is 88.7 Å². The van der Waals surface area contributed by atoms with Crippen LogP contribution in [-0.2, 0) is 0 Å². The van der Waals surface area contributed by atoms with Crippen molar-refractivity contribution in [3.63, 3.8) is 0 Å². The Morgan fingerprint density at radius 2 is 2.21 bits per heavy atom. The molecule has 1 aromatic rings. The topological polar surface area (TPSA) is 59.1 Å². The van der Waals surface area contributed by atoms with Crippen LogP contribution >= 0.6 is 11.8 Å². The molecule has 0 aliphatic rings. The molecule has 14 heavy (non-hydrogen) atoms. The molecule has 0 radical (unpaired) electrons. The summed E-state index contributed by atoms with van der Waals surface area (Å²) < 4.78 is 0. The number of hydrogen-bond donors (Lipinski definition) is 2. The van der Waals surface area contributed by atoms with Crippen LogP contribution in [-0.4, -0.2) is 21.9 Å². The fourth-order valence-corrected chi connectivity index (χ4v) is 1.72. The number of rotatable bonds is 4. The lowest BCUT2D eigenvalue weighted by molar-refractivity contribution is 0.300. The minimum atomic E-state index is 0.0248. The van der Waals surface area contributed by atoms with Crippen LogP contribution in [0.4, 0.5) is 0 Å². The van der Waals surface area contributed by atoms with Gasteiger partial charge in [-0.3, -0.25) is 0 Å². The van der Waals surface area contributed by atoms with Gasteiger partial charge in [0.25, 0.3) is 0 Å². The number of aromatic nitrogens is 1. The van der Waals surface area contributed by atoms with E-state index in [0.717, 1.165) is 10.6 Å². The standard InChI is InChI=1S/C10H16N2OS/c1-7(6-13)14-10-4-3-9(5-12-10)8(2)11/h3-5,7-8,13H,6,11H2,1-2H3. The van der Waals surface area contributed by atoms with E-state index in [1.54, 1.807) is 18.0 Å². The summed E-state index contributed by atoms with van der Waals surface area (Å²) >= 11 is 1.56. The highest BCUT2D eigenvalue weighted by molar-refractivity contribution is 7.99. The number of nitrogens with zero attached hydrogens (tertiary/aromatic N) is 1. The van der Waals surface area contributed by atoms with E-state index in [2.05, 4.69) is 4.98 Å². The quantitative estimate of drug-likeness (QED) is 0.744. The molecule has 2 unspecified atom stereocenters. The van der Waals surface area contributed by atoms with Crippen LogP contribution in [0.15, 0.2) is 23.4 Å². The summed E-state index contributed by atoms with van der Waals surface area (Å²) in [5.41, 5.74) is 6.74. The summed E-state index contributed by atoms with van der Waals surface area (Å²) in [6.45, 7) is 4.06. The van der Waals surface area contributed by atoms with Gasteiger partial charge in [-0.15, -0.1) is 11.8 Å². The Morgan fingerprint density at radius 3 is 2.64 bits per heavy atom. The number of aliphatic hydroxyl groups excluding tert-OH is 1. The van der Waals surface area contributed by atoms with Crippen molar-refractivity contribution in [3.8, 4) is 0 Å². The molecule has 2 atom stereocenters. The van der Waals surface area contributed by atoms with Crippen LogP contribution in [0, 0.1) is 0 Å². The summed E-state index contributed by atoms with van der Waals surface area (Å²) in [4.78, 5) is 4.26. The third-order valence-electron chi connectivity index (χ3n) is 1.86. The molecule has 0 aromatic carbocycles. The molecule has 1 rings (SSSR count). The fraction of sp³-hybridized carbons (Fsp3) is 0.500. The second-order valence-corrected chi connectivity index (χ2v) is 4.79. The minimum absolute atomic E-state index is 0.0248. The molecule has 0 bridgehead atoms. The molecular weight excluding hydrogens is 196 g/mol. The maximum atomic E-state index is 8.87. The molecule has 1 aromatic heterocycles. The normalized spacial score (nSPS) is 15.1. The fourth-order valence-electron chi connectivity index (χ4n) is 0.974. The van der Waals surface area contributed by atoms with Gasteiger partial charge in [-0.1, -0.05) is 13.0 Å². The van der Waals surface area contributed by atoms with E-state index in [4.69, 9.17) is 10.8 Å². The molecule has 1 heterocycles. The zero-order valence-corrected chi connectivity index (χ0v) is 9.29. The molecular formula is C10H16N2OS. The second-order valence-electron chi connectivity index (χ2n) is 3.33. The summed E-state index contributed by atoms with van der Waals surface area (Å²) in [6, 6.07) is 3.94. The number of pyridine rings is 1. The number of aliphatic hydroxyl groups is 1. The first-order chi connectivity index (χ1) is 6.63. The average Bonchev–Trinajstić information content (AvgIpc) is 2.18. The summed E-state index contributed by atoms with van der Waals surface area (Å²) in [5, 5.41) is 9.98. The highest BCUT2D eigenvalue weighted by Gasteiger charge is 2.04. The first-order valence-electron chi connectivity index (χ1n) is 4.62. The molecule has 0 aliphatic carbocycles. The minimum Gasteiger partial charge on any atom is -0.395 e. The van der Waals surface area contributed by atoms with Gasteiger partial charge in [-0.05, 0) is 18.6 Å². The van der Waals surface area contributed by atoms with Crippen molar-refractivity contribution in [2.45, 2.75) is 30.2 Å². The van der Waals surface area contributed by atoms with Crippen molar-refractivity contribution < 1.29 is 5.11 Å². The Hall–Kier alpha value is -0.580. The van der Waals surface area contributed by atoms with Crippen molar-refractivity contribution in [1.82, 2.24) is 4.98 Å². The second kappa shape index (κ2) is 5.34. The number of nitrogens with two attached hydrogens (primary N) is 1. The lowest BCUT2D eigenvalue weighted by Crippen LogP contribution is -2.06. The Morgan fingerprint density at radius 1 is 1.50 bits per heavy atom. The molecule has 0 saturated heterocycles. The maximum absolute atomic E-state index is 8.87. The highest BCUT2D eigenvalue weighted by atomic mass is 32.2. The molecule has 3 nitrogen and oxygen atoms in total. The van der Waals surface area contributed by atoms with Crippen LogP contribution < -0.4 is 5.73 Å². The molecule has 4 heteroatoms. The van der Waals surface area contributed by atoms with Crippen molar-refractivity contribution in [1.29, 1.82) is 0 Å². The average molecular weight is 212 g/mol. The number of hydrogen-bond acceptors (Lipinski definition) is 4. The Balaban J connectivity index is 2.64. The van der Waals surface area contributed by atoms with E-state index in [-0.39, 0.29) is 17.9 Å².